The van der Waals surface area contributed by atoms with Crippen LogP contribution in [0.15, 0.2) is 53.6 Å². The lowest BCUT2D eigenvalue weighted by Crippen LogP contribution is -2.29. The average Bonchev–Trinajstić information content (AvgIpc) is 2.60. The first-order valence-electron chi connectivity index (χ1n) is 8.00. The largest absolute Gasteiger partial charge is 0.389 e. The van der Waals surface area contributed by atoms with E-state index in [4.69, 9.17) is 4.74 Å². The molecule has 0 aliphatic carbocycles. The molecule has 1 heterocycles. The van der Waals surface area contributed by atoms with Crippen LogP contribution in [0, 0.1) is 12.7 Å². The van der Waals surface area contributed by atoms with Crippen LogP contribution in [-0.4, -0.2) is 27.4 Å². The minimum absolute atomic E-state index is 0.00731. The maximum Gasteiger partial charge on any atom is 0.261 e. The summed E-state index contributed by atoms with van der Waals surface area (Å²) in [6, 6.07) is 11.7. The predicted molar refractivity (Wildman–Crippen MR) is 92.8 cm³/mol. The molecule has 0 radical (unpaired) electrons. The average molecular weight is 342 g/mol. The molecule has 130 valence electrons. The van der Waals surface area contributed by atoms with Crippen molar-refractivity contribution < 1.29 is 14.2 Å². The van der Waals surface area contributed by atoms with E-state index < -0.39 is 6.10 Å². The third-order valence-electron chi connectivity index (χ3n) is 3.99. The molecule has 3 rings (SSSR count). The molecule has 0 amide bonds. The molecule has 0 saturated heterocycles. The Bertz CT molecular complexity index is 939. The fourth-order valence-electron chi connectivity index (χ4n) is 2.67. The van der Waals surface area contributed by atoms with Crippen LogP contribution in [0.4, 0.5) is 4.39 Å². The summed E-state index contributed by atoms with van der Waals surface area (Å²) in [5, 5.41) is 10.6. The predicted octanol–water partition coefficient (Wildman–Crippen LogP) is 2.42. The van der Waals surface area contributed by atoms with Gasteiger partial charge in [0.25, 0.3) is 5.56 Å². The fraction of sp³-hybridized carbons (Fsp3) is 0.263. The normalized spacial score (nSPS) is 12.4. The second-order valence-electron chi connectivity index (χ2n) is 5.93. The maximum atomic E-state index is 13.5. The van der Waals surface area contributed by atoms with Gasteiger partial charge in [0.15, 0.2) is 0 Å². The van der Waals surface area contributed by atoms with E-state index in [-0.39, 0.29) is 31.1 Å². The summed E-state index contributed by atoms with van der Waals surface area (Å²) in [6.45, 7) is 2.01. The van der Waals surface area contributed by atoms with Gasteiger partial charge in [-0.2, -0.15) is 0 Å². The summed E-state index contributed by atoms with van der Waals surface area (Å²) in [7, 11) is 0. The Balaban J connectivity index is 1.64. The zero-order chi connectivity index (χ0) is 17.8. The molecule has 0 fully saturated rings. The highest BCUT2D eigenvalue weighted by Crippen LogP contribution is 2.11. The Morgan fingerprint density at radius 3 is 2.84 bits per heavy atom. The van der Waals surface area contributed by atoms with Crippen molar-refractivity contribution in [1.82, 2.24) is 9.55 Å². The van der Waals surface area contributed by atoms with Crippen LogP contribution in [-0.2, 0) is 17.9 Å². The molecule has 0 spiro atoms. The monoisotopic (exact) mass is 342 g/mol. The van der Waals surface area contributed by atoms with Crippen LogP contribution < -0.4 is 5.56 Å². The molecule has 0 aliphatic heterocycles. The summed E-state index contributed by atoms with van der Waals surface area (Å²) in [5.74, 6) is -0.345. The maximum absolute atomic E-state index is 13.5. The van der Waals surface area contributed by atoms with Crippen molar-refractivity contribution in [3.8, 4) is 0 Å². The van der Waals surface area contributed by atoms with Gasteiger partial charge < -0.3 is 9.84 Å². The van der Waals surface area contributed by atoms with Gasteiger partial charge in [-0.05, 0) is 24.6 Å². The van der Waals surface area contributed by atoms with Crippen LogP contribution in [0.3, 0.4) is 0 Å². The molecule has 6 heteroatoms. The molecular formula is C19H19FN2O3. The number of para-hydroxylation sites is 1. The zero-order valence-electron chi connectivity index (χ0n) is 13.9. The molecule has 1 N–H and O–H groups in total. The molecule has 1 unspecified atom stereocenters. The number of aliphatic hydroxyl groups is 1. The van der Waals surface area contributed by atoms with E-state index in [2.05, 4.69) is 4.98 Å². The highest BCUT2D eigenvalue weighted by molar-refractivity contribution is 5.80. The molecule has 1 aromatic heterocycles. The fourth-order valence-corrected chi connectivity index (χ4v) is 2.67. The van der Waals surface area contributed by atoms with E-state index in [1.54, 1.807) is 30.3 Å². The SMILES string of the molecule is Cc1cccc2c(=O)n(CC(O)COCc3ccccc3F)cnc12. The Morgan fingerprint density at radius 2 is 2.04 bits per heavy atom. The van der Waals surface area contributed by atoms with Gasteiger partial charge in [0.05, 0.1) is 43.1 Å². The summed E-state index contributed by atoms with van der Waals surface area (Å²) < 4.78 is 20.2. The number of rotatable bonds is 6. The third kappa shape index (κ3) is 3.92. The molecule has 1 atom stereocenters. The van der Waals surface area contributed by atoms with E-state index in [9.17, 15) is 14.3 Å². The van der Waals surface area contributed by atoms with Gasteiger partial charge in [-0.3, -0.25) is 9.36 Å². The van der Waals surface area contributed by atoms with Gasteiger partial charge in [0.2, 0.25) is 0 Å². The lowest BCUT2D eigenvalue weighted by Gasteiger charge is -2.14. The van der Waals surface area contributed by atoms with E-state index in [0.29, 0.717) is 16.5 Å². The second kappa shape index (κ2) is 7.55. The topological polar surface area (TPSA) is 64.4 Å². The standard InChI is InChI=1S/C19H19FN2O3/c1-13-5-4-7-16-18(13)21-12-22(19(16)24)9-15(23)11-25-10-14-6-2-3-8-17(14)20/h2-8,12,15,23H,9-11H2,1H3. The summed E-state index contributed by atoms with van der Waals surface area (Å²) in [5.41, 5.74) is 1.81. The number of benzene rings is 2. The lowest BCUT2D eigenvalue weighted by molar-refractivity contribution is 0.0189. The molecule has 2 aromatic carbocycles. The summed E-state index contributed by atoms with van der Waals surface area (Å²) in [4.78, 5) is 16.8. The first-order valence-corrected chi connectivity index (χ1v) is 8.00. The first kappa shape index (κ1) is 17.3. The smallest absolute Gasteiger partial charge is 0.261 e. The number of fused-ring (bicyclic) bond motifs is 1. The van der Waals surface area contributed by atoms with Gasteiger partial charge in [0, 0.05) is 5.56 Å². The van der Waals surface area contributed by atoms with Crippen molar-refractivity contribution in [2.45, 2.75) is 26.2 Å². The highest BCUT2D eigenvalue weighted by atomic mass is 19.1. The number of aromatic nitrogens is 2. The van der Waals surface area contributed by atoms with Crippen LogP contribution >= 0.6 is 0 Å². The quantitative estimate of drug-likeness (QED) is 0.747. The number of aryl methyl sites for hydroxylation is 1. The van der Waals surface area contributed by atoms with Crippen LogP contribution in [0.1, 0.15) is 11.1 Å². The van der Waals surface area contributed by atoms with E-state index in [0.717, 1.165) is 5.56 Å². The number of ether oxygens (including phenoxy) is 1. The van der Waals surface area contributed by atoms with E-state index >= 15 is 0 Å². The minimum atomic E-state index is -0.895. The summed E-state index contributed by atoms with van der Waals surface area (Å²) >= 11 is 0. The van der Waals surface area contributed by atoms with Crippen LogP contribution in [0.5, 0.6) is 0 Å². The Kier molecular flexibility index (Phi) is 5.21. The number of hydrogen-bond donors (Lipinski definition) is 1. The molecule has 5 nitrogen and oxygen atoms in total. The zero-order valence-corrected chi connectivity index (χ0v) is 13.9. The van der Waals surface area contributed by atoms with Gasteiger partial charge in [0.1, 0.15) is 5.82 Å². The van der Waals surface area contributed by atoms with Gasteiger partial charge in [-0.1, -0.05) is 30.3 Å². The van der Waals surface area contributed by atoms with Crippen molar-refractivity contribution in [2.24, 2.45) is 0 Å². The van der Waals surface area contributed by atoms with Crippen molar-refractivity contribution in [2.75, 3.05) is 6.61 Å². The third-order valence-corrected chi connectivity index (χ3v) is 3.99. The van der Waals surface area contributed by atoms with Crippen LogP contribution in [0.25, 0.3) is 10.9 Å². The second-order valence-corrected chi connectivity index (χ2v) is 5.93. The van der Waals surface area contributed by atoms with Crippen molar-refractivity contribution in [1.29, 1.82) is 0 Å². The van der Waals surface area contributed by atoms with Crippen molar-refractivity contribution in [3.05, 3.63) is 76.1 Å². The Labute approximate surface area is 144 Å². The minimum Gasteiger partial charge on any atom is -0.389 e. The molecule has 3 aromatic rings. The highest BCUT2D eigenvalue weighted by Gasteiger charge is 2.11. The van der Waals surface area contributed by atoms with E-state index in [1.807, 2.05) is 13.0 Å². The number of hydrogen-bond acceptors (Lipinski definition) is 4. The molecule has 0 saturated carbocycles. The number of aliphatic hydroxyl groups excluding tert-OH is 1. The molecule has 0 aliphatic rings. The lowest BCUT2D eigenvalue weighted by atomic mass is 10.1. The van der Waals surface area contributed by atoms with E-state index in [1.165, 1.54) is 17.0 Å². The van der Waals surface area contributed by atoms with Crippen molar-refractivity contribution >= 4 is 10.9 Å². The molecular weight excluding hydrogens is 323 g/mol. The summed E-state index contributed by atoms with van der Waals surface area (Å²) in [6.07, 6.45) is 0.533. The van der Waals surface area contributed by atoms with Gasteiger partial charge in [-0.25, -0.2) is 9.37 Å². The molecule has 25 heavy (non-hydrogen) atoms. The molecule has 0 bridgehead atoms. The number of halogens is 1. The first-order chi connectivity index (χ1) is 12.1. The van der Waals surface area contributed by atoms with Crippen LogP contribution in [0.2, 0.25) is 0 Å². The Hall–Kier alpha value is -2.57. The van der Waals surface area contributed by atoms with Gasteiger partial charge in [-0.15, -0.1) is 0 Å². The van der Waals surface area contributed by atoms with Crippen molar-refractivity contribution in [3.63, 3.8) is 0 Å². The number of nitrogens with zero attached hydrogens (tertiary/aromatic N) is 2. The van der Waals surface area contributed by atoms with Gasteiger partial charge >= 0.3 is 0 Å². The Morgan fingerprint density at radius 1 is 1.24 bits per heavy atom.